The lowest BCUT2D eigenvalue weighted by Crippen LogP contribution is -2.35. The SMILES string of the molecule is Cn1cccc1C(=O)NC(=O)COC(=O)c1ccccc1NC(=O)c1ccc(Cl)cc1. The van der Waals surface area contributed by atoms with Gasteiger partial charge in [0.15, 0.2) is 6.61 Å². The predicted molar refractivity (Wildman–Crippen MR) is 114 cm³/mol. The second-order valence-corrected chi connectivity index (χ2v) is 6.90. The van der Waals surface area contributed by atoms with Crippen LogP contribution in [-0.2, 0) is 16.6 Å². The summed E-state index contributed by atoms with van der Waals surface area (Å²) in [7, 11) is 1.66. The van der Waals surface area contributed by atoms with Crippen molar-refractivity contribution in [1.82, 2.24) is 9.88 Å². The molecule has 1 heterocycles. The van der Waals surface area contributed by atoms with Crippen LogP contribution in [0.5, 0.6) is 0 Å². The zero-order valence-corrected chi connectivity index (χ0v) is 17.2. The molecule has 0 bridgehead atoms. The van der Waals surface area contributed by atoms with Crippen LogP contribution in [-0.4, -0.2) is 34.9 Å². The summed E-state index contributed by atoms with van der Waals surface area (Å²) in [4.78, 5) is 48.9. The number of hydrogen-bond donors (Lipinski definition) is 2. The van der Waals surface area contributed by atoms with Gasteiger partial charge in [-0.1, -0.05) is 23.7 Å². The Bertz CT molecular complexity index is 1140. The Balaban J connectivity index is 1.61. The zero-order valence-electron chi connectivity index (χ0n) is 16.4. The predicted octanol–water partition coefficient (Wildman–Crippen LogP) is 3.04. The van der Waals surface area contributed by atoms with Crippen molar-refractivity contribution in [3.63, 3.8) is 0 Å². The minimum absolute atomic E-state index is 0.0615. The van der Waals surface area contributed by atoms with Gasteiger partial charge in [-0.3, -0.25) is 19.7 Å². The molecule has 8 nitrogen and oxygen atoms in total. The first kappa shape index (κ1) is 21.8. The van der Waals surface area contributed by atoms with Crippen LogP contribution in [0.25, 0.3) is 0 Å². The number of aryl methyl sites for hydroxylation is 1. The first-order valence-electron chi connectivity index (χ1n) is 9.13. The van der Waals surface area contributed by atoms with Crippen LogP contribution in [0.3, 0.4) is 0 Å². The third-order valence-electron chi connectivity index (χ3n) is 4.27. The van der Waals surface area contributed by atoms with E-state index in [2.05, 4.69) is 10.6 Å². The Kier molecular flexibility index (Phi) is 6.84. The summed E-state index contributed by atoms with van der Waals surface area (Å²) in [5.41, 5.74) is 0.917. The fraction of sp³-hybridized carbons (Fsp3) is 0.0909. The maximum absolute atomic E-state index is 12.4. The summed E-state index contributed by atoms with van der Waals surface area (Å²) < 4.78 is 6.55. The van der Waals surface area contributed by atoms with Gasteiger partial charge in [0.05, 0.1) is 11.3 Å². The molecule has 3 amide bonds. The van der Waals surface area contributed by atoms with E-state index in [1.807, 2.05) is 0 Å². The van der Waals surface area contributed by atoms with Crippen molar-refractivity contribution in [2.24, 2.45) is 7.05 Å². The Hall–Kier alpha value is -3.91. The van der Waals surface area contributed by atoms with E-state index in [0.717, 1.165) is 0 Å². The zero-order chi connectivity index (χ0) is 22.4. The minimum atomic E-state index is -0.825. The number of rotatable bonds is 6. The van der Waals surface area contributed by atoms with Crippen LogP contribution < -0.4 is 10.6 Å². The van der Waals surface area contributed by atoms with E-state index in [1.54, 1.807) is 66.3 Å². The fourth-order valence-electron chi connectivity index (χ4n) is 2.70. The topological polar surface area (TPSA) is 106 Å². The molecule has 0 saturated heterocycles. The third-order valence-corrected chi connectivity index (χ3v) is 4.52. The van der Waals surface area contributed by atoms with Gasteiger partial charge in [0.1, 0.15) is 5.69 Å². The van der Waals surface area contributed by atoms with Crippen LogP contribution >= 0.6 is 11.6 Å². The van der Waals surface area contributed by atoms with Gasteiger partial charge in [-0.05, 0) is 48.5 Å². The van der Waals surface area contributed by atoms with Crippen molar-refractivity contribution >= 4 is 41.0 Å². The average molecular weight is 440 g/mol. The molecule has 2 N–H and O–H groups in total. The van der Waals surface area contributed by atoms with Crippen LogP contribution in [0, 0.1) is 0 Å². The molecule has 0 fully saturated rings. The summed E-state index contributed by atoms with van der Waals surface area (Å²) in [6.45, 7) is -0.658. The Morgan fingerprint density at radius 1 is 0.935 bits per heavy atom. The van der Waals surface area contributed by atoms with Crippen molar-refractivity contribution in [3.8, 4) is 0 Å². The standard InChI is InChI=1S/C22H18ClN3O5/c1-26-12-4-7-18(26)21(29)25-19(27)13-31-22(30)16-5-2-3-6-17(16)24-20(28)14-8-10-15(23)11-9-14/h2-12H,13H2,1H3,(H,24,28)(H,25,27,29). The molecule has 1 aromatic heterocycles. The molecule has 0 spiro atoms. The number of esters is 1. The number of nitrogens with one attached hydrogen (secondary N) is 2. The van der Waals surface area contributed by atoms with Crippen molar-refractivity contribution in [3.05, 3.63) is 88.7 Å². The van der Waals surface area contributed by atoms with Gasteiger partial charge in [-0.15, -0.1) is 0 Å². The maximum Gasteiger partial charge on any atom is 0.340 e. The number of aromatic nitrogens is 1. The number of nitrogens with zero attached hydrogens (tertiary/aromatic N) is 1. The summed E-state index contributed by atoms with van der Waals surface area (Å²) in [5.74, 6) is -2.65. The van der Waals surface area contributed by atoms with Crippen molar-refractivity contribution in [2.45, 2.75) is 0 Å². The first-order valence-corrected chi connectivity index (χ1v) is 9.51. The van der Waals surface area contributed by atoms with E-state index < -0.39 is 30.3 Å². The Labute approximate surface area is 182 Å². The lowest BCUT2D eigenvalue weighted by atomic mass is 10.1. The molecule has 0 aliphatic heterocycles. The molecule has 0 aliphatic rings. The largest absolute Gasteiger partial charge is 0.452 e. The van der Waals surface area contributed by atoms with E-state index in [-0.39, 0.29) is 16.9 Å². The molecule has 0 aliphatic carbocycles. The number of imide groups is 1. The number of carbonyl (C=O) groups excluding carboxylic acids is 4. The number of ether oxygens (including phenoxy) is 1. The van der Waals surface area contributed by atoms with Gasteiger partial charge in [-0.2, -0.15) is 0 Å². The van der Waals surface area contributed by atoms with Gasteiger partial charge in [0.25, 0.3) is 17.7 Å². The highest BCUT2D eigenvalue weighted by molar-refractivity contribution is 6.30. The number of para-hydroxylation sites is 1. The molecule has 3 rings (SSSR count). The van der Waals surface area contributed by atoms with Gasteiger partial charge in [0.2, 0.25) is 0 Å². The van der Waals surface area contributed by atoms with Gasteiger partial charge < -0.3 is 14.6 Å². The van der Waals surface area contributed by atoms with Crippen molar-refractivity contribution in [1.29, 1.82) is 0 Å². The molecule has 31 heavy (non-hydrogen) atoms. The van der Waals surface area contributed by atoms with Crippen molar-refractivity contribution < 1.29 is 23.9 Å². The van der Waals surface area contributed by atoms with Gasteiger partial charge >= 0.3 is 5.97 Å². The molecule has 158 valence electrons. The number of halogens is 1. The molecule has 3 aromatic rings. The fourth-order valence-corrected chi connectivity index (χ4v) is 2.82. The van der Waals surface area contributed by atoms with Crippen LogP contribution in [0.4, 0.5) is 5.69 Å². The van der Waals surface area contributed by atoms with Crippen LogP contribution in [0.2, 0.25) is 5.02 Å². The first-order chi connectivity index (χ1) is 14.8. The molecule has 0 saturated carbocycles. The van der Waals surface area contributed by atoms with E-state index >= 15 is 0 Å². The van der Waals surface area contributed by atoms with Crippen LogP contribution in [0.1, 0.15) is 31.2 Å². The molecule has 0 unspecified atom stereocenters. The summed E-state index contributed by atoms with van der Waals surface area (Å²) in [6, 6.07) is 15.7. The lowest BCUT2D eigenvalue weighted by Gasteiger charge is -2.11. The molecular formula is C22H18ClN3O5. The maximum atomic E-state index is 12.4. The number of hydrogen-bond acceptors (Lipinski definition) is 5. The molecular weight excluding hydrogens is 422 g/mol. The number of anilines is 1. The number of carbonyl (C=O) groups is 4. The quantitative estimate of drug-likeness (QED) is 0.574. The third kappa shape index (κ3) is 5.58. The molecule has 0 atom stereocenters. The highest BCUT2D eigenvalue weighted by atomic mass is 35.5. The van der Waals surface area contributed by atoms with Gasteiger partial charge in [-0.25, -0.2) is 4.79 Å². The normalized spacial score (nSPS) is 10.3. The summed E-state index contributed by atoms with van der Waals surface area (Å²) in [5, 5.41) is 5.27. The number of benzene rings is 2. The average Bonchev–Trinajstić information content (AvgIpc) is 3.19. The second kappa shape index (κ2) is 9.73. The van der Waals surface area contributed by atoms with Gasteiger partial charge in [0, 0.05) is 23.8 Å². The van der Waals surface area contributed by atoms with Crippen LogP contribution in [0.15, 0.2) is 66.9 Å². The number of amides is 3. The summed E-state index contributed by atoms with van der Waals surface area (Å²) >= 11 is 5.82. The minimum Gasteiger partial charge on any atom is -0.452 e. The highest BCUT2D eigenvalue weighted by Crippen LogP contribution is 2.18. The Morgan fingerprint density at radius 2 is 1.65 bits per heavy atom. The van der Waals surface area contributed by atoms with E-state index in [1.165, 1.54) is 12.1 Å². The lowest BCUT2D eigenvalue weighted by molar-refractivity contribution is -0.123. The highest BCUT2D eigenvalue weighted by Gasteiger charge is 2.18. The summed E-state index contributed by atoms with van der Waals surface area (Å²) in [6.07, 6.45) is 1.66. The molecule has 9 heteroatoms. The second-order valence-electron chi connectivity index (χ2n) is 6.46. The molecule has 0 radical (unpaired) electrons. The van der Waals surface area contributed by atoms with Crippen molar-refractivity contribution in [2.75, 3.05) is 11.9 Å². The molecule has 2 aromatic carbocycles. The van der Waals surface area contributed by atoms with E-state index in [4.69, 9.17) is 16.3 Å². The smallest absolute Gasteiger partial charge is 0.340 e. The van der Waals surface area contributed by atoms with E-state index in [0.29, 0.717) is 10.6 Å². The van der Waals surface area contributed by atoms with E-state index in [9.17, 15) is 19.2 Å². The monoisotopic (exact) mass is 439 g/mol. The Morgan fingerprint density at radius 3 is 2.32 bits per heavy atom.